The molecule has 0 aliphatic heterocycles. The summed E-state index contributed by atoms with van der Waals surface area (Å²) < 4.78 is 16.2. The van der Waals surface area contributed by atoms with Gasteiger partial charge in [0.05, 0.1) is 7.11 Å². The number of hydrogen-bond donors (Lipinski definition) is 1. The molecule has 0 aliphatic rings. The zero-order valence-electron chi connectivity index (χ0n) is 12.9. The summed E-state index contributed by atoms with van der Waals surface area (Å²) in [6.45, 7) is 3.01. The van der Waals surface area contributed by atoms with Crippen LogP contribution in [-0.2, 0) is 6.61 Å². The first-order valence-electron chi connectivity index (χ1n) is 7.36. The van der Waals surface area contributed by atoms with Crippen LogP contribution in [0.25, 0.3) is 0 Å². The Kier molecular flexibility index (Phi) is 5.89. The van der Waals surface area contributed by atoms with Crippen molar-refractivity contribution in [3.63, 3.8) is 0 Å². The van der Waals surface area contributed by atoms with Crippen LogP contribution in [-0.4, -0.2) is 19.6 Å². The predicted octanol–water partition coefficient (Wildman–Crippen LogP) is 3.40. The molecule has 1 amide bonds. The normalized spacial score (nSPS) is 10.3. The van der Waals surface area contributed by atoms with Crippen LogP contribution in [0.15, 0.2) is 40.8 Å². The van der Waals surface area contributed by atoms with Gasteiger partial charge in [0.25, 0.3) is 5.91 Å². The highest BCUT2D eigenvalue weighted by atomic mass is 16.5. The Morgan fingerprint density at radius 3 is 2.55 bits per heavy atom. The summed E-state index contributed by atoms with van der Waals surface area (Å²) in [5, 5.41) is 2.81. The molecule has 0 unspecified atom stereocenters. The molecule has 0 bridgehead atoms. The van der Waals surface area contributed by atoms with Crippen LogP contribution in [0.1, 0.15) is 36.1 Å². The molecule has 1 heterocycles. The van der Waals surface area contributed by atoms with E-state index in [4.69, 9.17) is 13.9 Å². The van der Waals surface area contributed by atoms with E-state index in [2.05, 4.69) is 12.2 Å². The number of furan rings is 1. The van der Waals surface area contributed by atoms with Crippen LogP contribution in [0.3, 0.4) is 0 Å². The molecule has 22 heavy (non-hydrogen) atoms. The number of carbonyl (C=O) groups is 1. The number of ether oxygens (including phenoxy) is 2. The van der Waals surface area contributed by atoms with Crippen molar-refractivity contribution in [2.45, 2.75) is 26.4 Å². The van der Waals surface area contributed by atoms with Gasteiger partial charge in [0.15, 0.2) is 5.76 Å². The molecule has 0 atom stereocenters. The van der Waals surface area contributed by atoms with Gasteiger partial charge in [0, 0.05) is 6.54 Å². The molecule has 5 heteroatoms. The first-order valence-corrected chi connectivity index (χ1v) is 7.36. The van der Waals surface area contributed by atoms with Crippen LogP contribution < -0.4 is 14.8 Å². The molecule has 2 aromatic rings. The topological polar surface area (TPSA) is 60.7 Å². The number of benzene rings is 1. The molecule has 0 fully saturated rings. The number of nitrogens with one attached hydrogen (secondary N) is 1. The molecule has 118 valence electrons. The van der Waals surface area contributed by atoms with E-state index in [1.807, 2.05) is 24.3 Å². The van der Waals surface area contributed by atoms with Gasteiger partial charge in [-0.1, -0.05) is 13.3 Å². The maximum Gasteiger partial charge on any atom is 0.286 e. The summed E-state index contributed by atoms with van der Waals surface area (Å²) in [7, 11) is 1.62. The van der Waals surface area contributed by atoms with Gasteiger partial charge in [-0.05, 0) is 42.8 Å². The average molecular weight is 303 g/mol. The van der Waals surface area contributed by atoms with Crippen LogP contribution in [0.4, 0.5) is 0 Å². The Morgan fingerprint density at radius 2 is 1.86 bits per heavy atom. The second-order valence-corrected chi connectivity index (χ2v) is 4.84. The third-order valence-electron chi connectivity index (χ3n) is 3.14. The third-order valence-corrected chi connectivity index (χ3v) is 3.14. The SMILES string of the molecule is CCCCNC(=O)c1ccc(COc2ccc(OC)cc2)o1. The maximum atomic E-state index is 11.8. The van der Waals surface area contributed by atoms with E-state index < -0.39 is 0 Å². The number of carbonyl (C=O) groups excluding carboxylic acids is 1. The van der Waals surface area contributed by atoms with E-state index in [1.165, 1.54) is 0 Å². The van der Waals surface area contributed by atoms with Crippen molar-refractivity contribution >= 4 is 5.91 Å². The molecule has 0 radical (unpaired) electrons. The largest absolute Gasteiger partial charge is 0.497 e. The Balaban J connectivity index is 1.84. The van der Waals surface area contributed by atoms with Crippen molar-refractivity contribution in [2.24, 2.45) is 0 Å². The number of methoxy groups -OCH3 is 1. The zero-order chi connectivity index (χ0) is 15.8. The fourth-order valence-electron chi connectivity index (χ4n) is 1.87. The van der Waals surface area contributed by atoms with E-state index in [0.29, 0.717) is 23.8 Å². The van der Waals surface area contributed by atoms with Gasteiger partial charge in [-0.2, -0.15) is 0 Å². The molecular weight excluding hydrogens is 282 g/mol. The second-order valence-electron chi connectivity index (χ2n) is 4.84. The Labute approximate surface area is 130 Å². The minimum absolute atomic E-state index is 0.191. The van der Waals surface area contributed by atoms with Crippen molar-refractivity contribution in [2.75, 3.05) is 13.7 Å². The Morgan fingerprint density at radius 1 is 1.14 bits per heavy atom. The van der Waals surface area contributed by atoms with Gasteiger partial charge in [0.1, 0.15) is 23.9 Å². The highest BCUT2D eigenvalue weighted by molar-refractivity contribution is 5.91. The summed E-state index contributed by atoms with van der Waals surface area (Å²) in [5.74, 6) is 2.22. The first kappa shape index (κ1) is 15.9. The van der Waals surface area contributed by atoms with E-state index in [9.17, 15) is 4.79 Å². The summed E-state index contributed by atoms with van der Waals surface area (Å²) in [6.07, 6.45) is 2.00. The molecule has 1 aromatic carbocycles. The Hall–Kier alpha value is -2.43. The molecular formula is C17H21NO4. The van der Waals surface area contributed by atoms with Crippen molar-refractivity contribution in [1.82, 2.24) is 5.32 Å². The van der Waals surface area contributed by atoms with Crippen molar-refractivity contribution in [3.05, 3.63) is 47.9 Å². The van der Waals surface area contributed by atoms with Crippen LogP contribution in [0.2, 0.25) is 0 Å². The summed E-state index contributed by atoms with van der Waals surface area (Å²) in [6, 6.07) is 10.7. The van der Waals surface area contributed by atoms with Gasteiger partial charge in [-0.15, -0.1) is 0 Å². The molecule has 1 aromatic heterocycles. The first-order chi connectivity index (χ1) is 10.7. The monoisotopic (exact) mass is 303 g/mol. The van der Waals surface area contributed by atoms with E-state index in [1.54, 1.807) is 19.2 Å². The fraction of sp³-hybridized carbons (Fsp3) is 0.353. The van der Waals surface area contributed by atoms with Gasteiger partial charge in [-0.3, -0.25) is 4.79 Å². The van der Waals surface area contributed by atoms with Gasteiger partial charge in [0.2, 0.25) is 0 Å². The standard InChI is InChI=1S/C17H21NO4/c1-3-4-11-18-17(19)16-10-9-15(22-16)12-21-14-7-5-13(20-2)6-8-14/h5-10H,3-4,11-12H2,1-2H3,(H,18,19). The third kappa shape index (κ3) is 4.55. The number of hydrogen-bond acceptors (Lipinski definition) is 4. The summed E-state index contributed by atoms with van der Waals surface area (Å²) in [5.41, 5.74) is 0. The van der Waals surface area contributed by atoms with Gasteiger partial charge < -0.3 is 19.2 Å². The molecule has 0 aliphatic carbocycles. The van der Waals surface area contributed by atoms with Gasteiger partial charge in [-0.25, -0.2) is 0 Å². The van der Waals surface area contributed by atoms with Gasteiger partial charge >= 0.3 is 0 Å². The Bertz CT molecular complexity index is 589. The lowest BCUT2D eigenvalue weighted by molar-refractivity contribution is 0.0921. The lowest BCUT2D eigenvalue weighted by atomic mass is 10.3. The van der Waals surface area contributed by atoms with Crippen LogP contribution >= 0.6 is 0 Å². The zero-order valence-corrected chi connectivity index (χ0v) is 12.9. The maximum absolute atomic E-state index is 11.8. The average Bonchev–Trinajstić information content (AvgIpc) is 3.02. The van der Waals surface area contributed by atoms with Crippen molar-refractivity contribution in [3.8, 4) is 11.5 Å². The van der Waals surface area contributed by atoms with E-state index >= 15 is 0 Å². The minimum atomic E-state index is -0.191. The second kappa shape index (κ2) is 8.12. The van der Waals surface area contributed by atoms with E-state index in [0.717, 1.165) is 18.6 Å². The highest BCUT2D eigenvalue weighted by Gasteiger charge is 2.10. The lowest BCUT2D eigenvalue weighted by Crippen LogP contribution is -2.23. The quantitative estimate of drug-likeness (QED) is 0.759. The van der Waals surface area contributed by atoms with Crippen molar-refractivity contribution in [1.29, 1.82) is 0 Å². The summed E-state index contributed by atoms with van der Waals surface area (Å²) >= 11 is 0. The van der Waals surface area contributed by atoms with E-state index in [-0.39, 0.29) is 12.5 Å². The molecule has 0 saturated carbocycles. The van der Waals surface area contributed by atoms with Crippen LogP contribution in [0, 0.1) is 0 Å². The lowest BCUT2D eigenvalue weighted by Gasteiger charge is -2.05. The molecule has 0 spiro atoms. The number of unbranched alkanes of at least 4 members (excludes halogenated alkanes) is 1. The number of rotatable bonds is 8. The smallest absolute Gasteiger partial charge is 0.286 e. The van der Waals surface area contributed by atoms with Crippen LogP contribution in [0.5, 0.6) is 11.5 Å². The summed E-state index contributed by atoms with van der Waals surface area (Å²) in [4.78, 5) is 11.8. The fourth-order valence-corrected chi connectivity index (χ4v) is 1.87. The van der Waals surface area contributed by atoms with Crippen molar-refractivity contribution < 1.29 is 18.7 Å². The molecule has 5 nitrogen and oxygen atoms in total. The predicted molar refractivity (Wildman–Crippen MR) is 83.3 cm³/mol. The molecule has 1 N–H and O–H groups in total. The molecule has 2 rings (SSSR count). The molecule has 0 saturated heterocycles. The number of amides is 1. The minimum Gasteiger partial charge on any atom is -0.497 e. The highest BCUT2D eigenvalue weighted by Crippen LogP contribution is 2.18.